The number of ether oxygens (including phenoxy) is 4. The standard InChI is InChI=1S/C24H26N4O5/c1-23(11-31-12-23)33-20-8-18(27-22-15(20)3-5-32-24(22)4-6-30-13-24)17-10-28(2)19-9-25-21(26-14-29)7-16(17)19/h7-10,14H,3-6,11-13H2,1-2H3,(H,25,26,29). The molecule has 3 aliphatic rings. The molecule has 0 saturated carbocycles. The predicted molar refractivity (Wildman–Crippen MR) is 120 cm³/mol. The third-order valence-corrected chi connectivity index (χ3v) is 6.76. The number of amides is 1. The lowest BCUT2D eigenvalue weighted by atomic mass is 9.88. The average Bonchev–Trinajstić information content (AvgIpc) is 3.38. The molecule has 1 spiro atoms. The summed E-state index contributed by atoms with van der Waals surface area (Å²) in [5, 5.41) is 3.58. The van der Waals surface area contributed by atoms with Crippen LogP contribution in [0.2, 0.25) is 0 Å². The van der Waals surface area contributed by atoms with Gasteiger partial charge in [-0.15, -0.1) is 0 Å². The highest BCUT2D eigenvalue weighted by Gasteiger charge is 2.45. The van der Waals surface area contributed by atoms with Crippen molar-refractivity contribution in [2.24, 2.45) is 7.05 Å². The Bertz CT molecular complexity index is 1240. The first-order valence-electron chi connectivity index (χ1n) is 11.2. The molecule has 2 fully saturated rings. The van der Waals surface area contributed by atoms with Gasteiger partial charge < -0.3 is 28.8 Å². The first-order valence-corrected chi connectivity index (χ1v) is 11.2. The van der Waals surface area contributed by atoms with Crippen molar-refractivity contribution < 1.29 is 23.7 Å². The van der Waals surface area contributed by atoms with Crippen LogP contribution in [0.25, 0.3) is 22.2 Å². The molecule has 3 aromatic heterocycles. The Morgan fingerprint density at radius 3 is 2.82 bits per heavy atom. The minimum Gasteiger partial charge on any atom is -0.482 e. The van der Waals surface area contributed by atoms with E-state index in [2.05, 4.69) is 17.2 Å². The van der Waals surface area contributed by atoms with Gasteiger partial charge in [-0.1, -0.05) is 0 Å². The number of anilines is 1. The average molecular weight is 450 g/mol. The Labute approximate surface area is 191 Å². The quantitative estimate of drug-likeness (QED) is 0.597. The Hall–Kier alpha value is -3.01. The minimum atomic E-state index is -0.547. The summed E-state index contributed by atoms with van der Waals surface area (Å²) < 4.78 is 26.0. The maximum Gasteiger partial charge on any atom is 0.212 e. The Morgan fingerprint density at radius 1 is 1.21 bits per heavy atom. The number of carbonyl (C=O) groups is 1. The van der Waals surface area contributed by atoms with Crippen LogP contribution in [0.3, 0.4) is 0 Å². The molecule has 0 bridgehead atoms. The van der Waals surface area contributed by atoms with Gasteiger partial charge in [0.15, 0.2) is 5.60 Å². The summed E-state index contributed by atoms with van der Waals surface area (Å²) in [4.78, 5) is 20.4. The number of aryl methyl sites for hydroxylation is 1. The van der Waals surface area contributed by atoms with E-state index >= 15 is 0 Å². The van der Waals surface area contributed by atoms with E-state index in [0.29, 0.717) is 45.3 Å². The molecule has 1 amide bonds. The molecule has 3 aromatic rings. The van der Waals surface area contributed by atoms with Crippen LogP contribution < -0.4 is 10.1 Å². The van der Waals surface area contributed by atoms with E-state index in [-0.39, 0.29) is 5.60 Å². The molecule has 6 rings (SSSR count). The van der Waals surface area contributed by atoms with Gasteiger partial charge in [-0.05, 0) is 13.0 Å². The second kappa shape index (κ2) is 7.51. The third-order valence-electron chi connectivity index (χ3n) is 6.76. The fraction of sp³-hybridized carbons (Fsp3) is 0.458. The topological polar surface area (TPSA) is 96.7 Å². The number of aromatic nitrogens is 3. The molecule has 0 aromatic carbocycles. The zero-order valence-electron chi connectivity index (χ0n) is 18.7. The summed E-state index contributed by atoms with van der Waals surface area (Å²) in [5.74, 6) is 1.31. The fourth-order valence-electron chi connectivity index (χ4n) is 4.99. The molecule has 1 N–H and O–H groups in total. The smallest absolute Gasteiger partial charge is 0.212 e. The molecule has 1 unspecified atom stereocenters. The Balaban J connectivity index is 1.55. The summed E-state index contributed by atoms with van der Waals surface area (Å²) in [5.41, 5.74) is 3.76. The number of pyridine rings is 2. The van der Waals surface area contributed by atoms with Gasteiger partial charge in [0.05, 0.1) is 49.5 Å². The number of nitrogens with one attached hydrogen (secondary N) is 1. The van der Waals surface area contributed by atoms with Crippen molar-refractivity contribution in [3.05, 3.63) is 35.8 Å². The van der Waals surface area contributed by atoms with Gasteiger partial charge in [0.1, 0.15) is 17.2 Å². The van der Waals surface area contributed by atoms with Crippen molar-refractivity contribution in [2.75, 3.05) is 38.4 Å². The lowest BCUT2D eigenvalue weighted by molar-refractivity contribution is -0.150. The zero-order chi connectivity index (χ0) is 22.6. The number of fused-ring (bicyclic) bond motifs is 3. The van der Waals surface area contributed by atoms with E-state index in [1.54, 1.807) is 6.20 Å². The van der Waals surface area contributed by atoms with Crippen LogP contribution in [0.5, 0.6) is 5.75 Å². The van der Waals surface area contributed by atoms with Crippen molar-refractivity contribution in [2.45, 2.75) is 31.0 Å². The molecule has 33 heavy (non-hydrogen) atoms. The molecule has 2 saturated heterocycles. The second-order valence-electron chi connectivity index (χ2n) is 9.28. The van der Waals surface area contributed by atoms with Gasteiger partial charge in [-0.3, -0.25) is 4.79 Å². The van der Waals surface area contributed by atoms with Crippen LogP contribution in [-0.4, -0.2) is 59.6 Å². The molecular formula is C24H26N4O5. The summed E-state index contributed by atoms with van der Waals surface area (Å²) in [6, 6.07) is 3.89. The van der Waals surface area contributed by atoms with Crippen molar-refractivity contribution in [3.63, 3.8) is 0 Å². The Kier molecular flexibility index (Phi) is 4.69. The number of carbonyl (C=O) groups excluding carboxylic acids is 1. The van der Waals surface area contributed by atoms with Crippen molar-refractivity contribution in [1.82, 2.24) is 14.5 Å². The highest BCUT2D eigenvalue weighted by molar-refractivity contribution is 5.97. The van der Waals surface area contributed by atoms with Crippen LogP contribution in [0.4, 0.5) is 5.82 Å². The largest absolute Gasteiger partial charge is 0.482 e. The SMILES string of the molecule is Cn1cc(-c2cc(OC3(C)COC3)c3c(n2)C2(CCOC2)OCC3)c2cc(NC=O)ncc21. The molecule has 172 valence electrons. The second-order valence-corrected chi connectivity index (χ2v) is 9.28. The number of nitrogens with zero attached hydrogens (tertiary/aromatic N) is 3. The highest BCUT2D eigenvalue weighted by Crippen LogP contribution is 2.45. The summed E-state index contributed by atoms with van der Waals surface area (Å²) in [6.45, 7) is 4.94. The molecule has 3 aliphatic heterocycles. The third kappa shape index (κ3) is 3.30. The molecule has 0 radical (unpaired) electrons. The molecule has 0 aliphatic carbocycles. The molecule has 9 heteroatoms. The summed E-state index contributed by atoms with van der Waals surface area (Å²) in [6.07, 6.45) is 5.92. The van der Waals surface area contributed by atoms with E-state index < -0.39 is 5.60 Å². The lowest BCUT2D eigenvalue weighted by Crippen LogP contribution is -2.52. The van der Waals surface area contributed by atoms with Gasteiger partial charge in [-0.2, -0.15) is 0 Å². The number of hydrogen-bond acceptors (Lipinski definition) is 7. The van der Waals surface area contributed by atoms with Crippen LogP contribution in [0, 0.1) is 0 Å². The van der Waals surface area contributed by atoms with Crippen molar-refractivity contribution >= 4 is 23.1 Å². The van der Waals surface area contributed by atoms with Crippen LogP contribution in [0.15, 0.2) is 24.5 Å². The van der Waals surface area contributed by atoms with Gasteiger partial charge >= 0.3 is 0 Å². The Morgan fingerprint density at radius 2 is 2.09 bits per heavy atom. The maximum absolute atomic E-state index is 11.0. The van der Waals surface area contributed by atoms with E-state index in [4.69, 9.17) is 23.9 Å². The van der Waals surface area contributed by atoms with Crippen molar-refractivity contribution in [1.29, 1.82) is 0 Å². The van der Waals surface area contributed by atoms with E-state index in [0.717, 1.165) is 52.0 Å². The van der Waals surface area contributed by atoms with Crippen LogP contribution in [0.1, 0.15) is 24.6 Å². The fourth-order valence-corrected chi connectivity index (χ4v) is 4.99. The highest BCUT2D eigenvalue weighted by atomic mass is 16.6. The van der Waals surface area contributed by atoms with E-state index in [1.807, 2.05) is 29.9 Å². The lowest BCUT2D eigenvalue weighted by Gasteiger charge is -2.40. The minimum absolute atomic E-state index is 0.353. The van der Waals surface area contributed by atoms with Crippen LogP contribution >= 0.6 is 0 Å². The molecule has 1 atom stereocenters. The number of hydrogen-bond donors (Lipinski definition) is 1. The summed E-state index contributed by atoms with van der Waals surface area (Å²) in [7, 11) is 1.97. The molecular weight excluding hydrogens is 424 g/mol. The molecule has 9 nitrogen and oxygen atoms in total. The maximum atomic E-state index is 11.0. The predicted octanol–water partition coefficient (Wildman–Crippen LogP) is 2.56. The normalized spacial score (nSPS) is 23.3. The summed E-state index contributed by atoms with van der Waals surface area (Å²) >= 11 is 0. The first-order chi connectivity index (χ1) is 16.0. The number of rotatable bonds is 5. The zero-order valence-corrected chi connectivity index (χ0v) is 18.7. The monoisotopic (exact) mass is 450 g/mol. The van der Waals surface area contributed by atoms with E-state index in [9.17, 15) is 4.79 Å². The van der Waals surface area contributed by atoms with Crippen LogP contribution in [-0.2, 0) is 38.1 Å². The van der Waals surface area contributed by atoms with Gasteiger partial charge in [0.25, 0.3) is 0 Å². The van der Waals surface area contributed by atoms with Gasteiger partial charge in [-0.25, -0.2) is 9.97 Å². The van der Waals surface area contributed by atoms with Gasteiger partial charge in [0, 0.05) is 55.3 Å². The molecule has 6 heterocycles. The van der Waals surface area contributed by atoms with Crippen molar-refractivity contribution in [3.8, 4) is 17.0 Å². The first kappa shape index (κ1) is 20.6. The van der Waals surface area contributed by atoms with Gasteiger partial charge in [0.2, 0.25) is 6.41 Å². The van der Waals surface area contributed by atoms with E-state index in [1.165, 1.54) is 0 Å².